The topological polar surface area (TPSA) is 24.5 Å². The van der Waals surface area contributed by atoms with Crippen LogP contribution < -0.4 is 10.1 Å². The van der Waals surface area contributed by atoms with Gasteiger partial charge in [0.15, 0.2) is 0 Å². The molecule has 1 aliphatic heterocycles. The average Bonchev–Trinajstić information content (AvgIpc) is 2.41. The Morgan fingerprint density at radius 3 is 2.32 bits per heavy atom. The van der Waals surface area contributed by atoms with Crippen LogP contribution in [0.3, 0.4) is 0 Å². The third-order valence-corrected chi connectivity index (χ3v) is 3.60. The predicted octanol–water partition coefficient (Wildman–Crippen LogP) is 2.31. The Hall–Kier alpha value is -1.06. The maximum Gasteiger partial charge on any atom is 0.119 e. The molecule has 1 aromatic rings. The highest BCUT2D eigenvalue weighted by Gasteiger charge is 2.16. The molecule has 1 atom stereocenters. The van der Waals surface area contributed by atoms with Crippen LogP contribution in [-0.2, 0) is 6.42 Å². The largest absolute Gasteiger partial charge is 0.491 e. The average molecular weight is 262 g/mol. The third kappa shape index (κ3) is 4.51. The van der Waals surface area contributed by atoms with Crippen LogP contribution in [0.4, 0.5) is 0 Å². The monoisotopic (exact) mass is 262 g/mol. The first-order valence-electron chi connectivity index (χ1n) is 7.35. The van der Waals surface area contributed by atoms with Crippen molar-refractivity contribution in [1.29, 1.82) is 0 Å². The van der Waals surface area contributed by atoms with Gasteiger partial charge in [-0.2, -0.15) is 0 Å². The van der Waals surface area contributed by atoms with Crippen molar-refractivity contribution in [1.82, 2.24) is 10.2 Å². The van der Waals surface area contributed by atoms with E-state index in [1.165, 1.54) is 5.56 Å². The second kappa shape index (κ2) is 6.92. The molecule has 3 nitrogen and oxygen atoms in total. The number of nitrogens with zero attached hydrogens (tertiary/aromatic N) is 1. The van der Waals surface area contributed by atoms with Gasteiger partial charge in [-0.15, -0.1) is 0 Å². The van der Waals surface area contributed by atoms with Gasteiger partial charge in [0.1, 0.15) is 5.75 Å². The van der Waals surface area contributed by atoms with Gasteiger partial charge in [0.2, 0.25) is 0 Å². The maximum atomic E-state index is 5.67. The summed E-state index contributed by atoms with van der Waals surface area (Å²) in [5.74, 6) is 0.966. The number of rotatable bonds is 5. The molecule has 0 radical (unpaired) electrons. The van der Waals surface area contributed by atoms with Crippen molar-refractivity contribution in [3.63, 3.8) is 0 Å². The molecular weight excluding hydrogens is 236 g/mol. The fourth-order valence-electron chi connectivity index (χ4n) is 2.57. The quantitative estimate of drug-likeness (QED) is 0.881. The zero-order valence-corrected chi connectivity index (χ0v) is 12.4. The highest BCUT2D eigenvalue weighted by molar-refractivity contribution is 5.27. The zero-order valence-electron chi connectivity index (χ0n) is 12.4. The number of hydrogen-bond donors (Lipinski definition) is 1. The van der Waals surface area contributed by atoms with Crippen LogP contribution >= 0.6 is 0 Å². The lowest BCUT2D eigenvalue weighted by Gasteiger charge is -2.32. The Kier molecular flexibility index (Phi) is 5.23. The number of hydrogen-bond acceptors (Lipinski definition) is 3. The SMILES string of the molecule is CC(C)Oc1ccc(CC(C)N2CCNCC2)cc1. The van der Waals surface area contributed by atoms with Gasteiger partial charge in [-0.05, 0) is 44.9 Å². The van der Waals surface area contributed by atoms with Crippen molar-refractivity contribution >= 4 is 0 Å². The highest BCUT2D eigenvalue weighted by Crippen LogP contribution is 2.16. The minimum atomic E-state index is 0.241. The molecule has 1 aliphatic rings. The molecule has 1 aromatic carbocycles. The van der Waals surface area contributed by atoms with Crippen LogP contribution in [0, 0.1) is 0 Å². The zero-order chi connectivity index (χ0) is 13.7. The molecule has 0 saturated carbocycles. The van der Waals surface area contributed by atoms with Crippen molar-refractivity contribution in [2.45, 2.75) is 39.3 Å². The highest BCUT2D eigenvalue weighted by atomic mass is 16.5. The molecule has 106 valence electrons. The summed E-state index contributed by atoms with van der Waals surface area (Å²) in [6.45, 7) is 11.0. The van der Waals surface area contributed by atoms with Crippen LogP contribution in [0.2, 0.25) is 0 Å². The van der Waals surface area contributed by atoms with Gasteiger partial charge in [0, 0.05) is 32.2 Å². The molecule has 0 bridgehead atoms. The number of ether oxygens (including phenoxy) is 1. The van der Waals surface area contributed by atoms with Crippen molar-refractivity contribution in [2.75, 3.05) is 26.2 Å². The van der Waals surface area contributed by atoms with Crippen LogP contribution in [0.1, 0.15) is 26.3 Å². The summed E-state index contributed by atoms with van der Waals surface area (Å²) < 4.78 is 5.67. The van der Waals surface area contributed by atoms with Crippen molar-refractivity contribution in [3.05, 3.63) is 29.8 Å². The summed E-state index contributed by atoms with van der Waals surface area (Å²) >= 11 is 0. The van der Waals surface area contributed by atoms with Gasteiger partial charge in [-0.1, -0.05) is 12.1 Å². The Morgan fingerprint density at radius 1 is 1.11 bits per heavy atom. The number of benzene rings is 1. The molecular formula is C16H26N2O. The summed E-state index contributed by atoms with van der Waals surface area (Å²) in [6.07, 6.45) is 1.35. The number of piperazine rings is 1. The van der Waals surface area contributed by atoms with Crippen LogP contribution in [0.5, 0.6) is 5.75 Å². The molecule has 1 unspecified atom stereocenters. The molecule has 19 heavy (non-hydrogen) atoms. The Labute approximate surface area is 116 Å². The first-order valence-corrected chi connectivity index (χ1v) is 7.35. The van der Waals surface area contributed by atoms with Crippen LogP contribution in [0.25, 0.3) is 0 Å². The van der Waals surface area contributed by atoms with E-state index in [2.05, 4.69) is 55.3 Å². The second-order valence-corrected chi connectivity index (χ2v) is 5.65. The minimum Gasteiger partial charge on any atom is -0.491 e. The molecule has 0 aromatic heterocycles. The lowest BCUT2D eigenvalue weighted by atomic mass is 10.1. The van der Waals surface area contributed by atoms with E-state index in [1.807, 2.05) is 0 Å². The number of nitrogens with one attached hydrogen (secondary N) is 1. The lowest BCUT2D eigenvalue weighted by Crippen LogP contribution is -2.48. The van der Waals surface area contributed by atoms with E-state index in [9.17, 15) is 0 Å². The smallest absolute Gasteiger partial charge is 0.119 e. The van der Waals surface area contributed by atoms with E-state index in [-0.39, 0.29) is 6.10 Å². The fraction of sp³-hybridized carbons (Fsp3) is 0.625. The first kappa shape index (κ1) is 14.4. The molecule has 1 N–H and O–H groups in total. The molecule has 1 heterocycles. The maximum absolute atomic E-state index is 5.67. The summed E-state index contributed by atoms with van der Waals surface area (Å²) in [4.78, 5) is 2.56. The summed E-state index contributed by atoms with van der Waals surface area (Å²) in [5, 5.41) is 3.40. The van der Waals surface area contributed by atoms with Gasteiger partial charge >= 0.3 is 0 Å². The fourth-order valence-corrected chi connectivity index (χ4v) is 2.57. The van der Waals surface area contributed by atoms with Crippen molar-refractivity contribution < 1.29 is 4.74 Å². The standard InChI is InChI=1S/C16H26N2O/c1-13(2)19-16-6-4-15(5-7-16)12-14(3)18-10-8-17-9-11-18/h4-7,13-14,17H,8-12H2,1-3H3. The van der Waals surface area contributed by atoms with Gasteiger partial charge in [-0.25, -0.2) is 0 Å². The molecule has 2 rings (SSSR count). The van der Waals surface area contributed by atoms with Crippen molar-refractivity contribution in [2.24, 2.45) is 0 Å². The van der Waals surface area contributed by atoms with Crippen LogP contribution in [-0.4, -0.2) is 43.2 Å². The van der Waals surface area contributed by atoms with E-state index in [1.54, 1.807) is 0 Å². The first-order chi connectivity index (χ1) is 9.15. The predicted molar refractivity (Wildman–Crippen MR) is 79.8 cm³/mol. The van der Waals surface area contributed by atoms with E-state index in [0.29, 0.717) is 6.04 Å². The van der Waals surface area contributed by atoms with Crippen LogP contribution in [0.15, 0.2) is 24.3 Å². The van der Waals surface area contributed by atoms with E-state index in [0.717, 1.165) is 38.3 Å². The van der Waals surface area contributed by atoms with Gasteiger partial charge in [-0.3, -0.25) is 4.90 Å². The van der Waals surface area contributed by atoms with Crippen molar-refractivity contribution in [3.8, 4) is 5.75 Å². The summed E-state index contributed by atoms with van der Waals surface area (Å²) in [6, 6.07) is 9.16. The lowest BCUT2D eigenvalue weighted by molar-refractivity contribution is 0.183. The molecule has 3 heteroatoms. The minimum absolute atomic E-state index is 0.241. The molecule has 1 fully saturated rings. The molecule has 0 spiro atoms. The van der Waals surface area contributed by atoms with Gasteiger partial charge in [0.05, 0.1) is 6.10 Å². The van der Waals surface area contributed by atoms with E-state index < -0.39 is 0 Å². The molecule has 0 aliphatic carbocycles. The Bertz CT molecular complexity index is 369. The molecule has 1 saturated heterocycles. The van der Waals surface area contributed by atoms with E-state index >= 15 is 0 Å². The Balaban J connectivity index is 1.87. The summed E-state index contributed by atoms with van der Waals surface area (Å²) in [5.41, 5.74) is 1.39. The Morgan fingerprint density at radius 2 is 1.74 bits per heavy atom. The summed E-state index contributed by atoms with van der Waals surface area (Å²) in [7, 11) is 0. The molecule has 0 amide bonds. The second-order valence-electron chi connectivity index (χ2n) is 5.65. The van der Waals surface area contributed by atoms with E-state index in [4.69, 9.17) is 4.74 Å². The normalized spacial score (nSPS) is 18.5. The van der Waals surface area contributed by atoms with Gasteiger partial charge < -0.3 is 10.1 Å². The van der Waals surface area contributed by atoms with Gasteiger partial charge in [0.25, 0.3) is 0 Å². The third-order valence-electron chi connectivity index (χ3n) is 3.60.